The number of nitrogens with one attached hydrogen (secondary N) is 1. The molecule has 17 heavy (non-hydrogen) atoms. The largest absolute Gasteiger partial charge is 0.480 e. The van der Waals surface area contributed by atoms with Crippen LogP contribution in [0.1, 0.15) is 32.1 Å². The average Bonchev–Trinajstić information content (AvgIpc) is 2.29. The molecule has 2 rings (SSSR count). The van der Waals surface area contributed by atoms with Crippen LogP contribution in [0.25, 0.3) is 0 Å². The van der Waals surface area contributed by atoms with Gasteiger partial charge in [-0.25, -0.2) is 0 Å². The first-order valence-electron chi connectivity index (χ1n) is 6.51. The van der Waals surface area contributed by atoms with Gasteiger partial charge in [0.15, 0.2) is 0 Å². The Balaban J connectivity index is 1.97. The fourth-order valence-electron chi connectivity index (χ4n) is 2.93. The van der Waals surface area contributed by atoms with Crippen LogP contribution in [0.15, 0.2) is 0 Å². The van der Waals surface area contributed by atoms with Crippen LogP contribution in [0.4, 0.5) is 0 Å². The Morgan fingerprint density at radius 1 is 1.35 bits per heavy atom. The van der Waals surface area contributed by atoms with Gasteiger partial charge in [-0.1, -0.05) is 19.3 Å². The second-order valence-corrected chi connectivity index (χ2v) is 5.31. The Morgan fingerprint density at radius 3 is 2.71 bits per heavy atom. The molecule has 1 unspecified atom stereocenters. The van der Waals surface area contributed by atoms with E-state index < -0.39 is 17.6 Å². The minimum absolute atomic E-state index is 0.478. The highest BCUT2D eigenvalue weighted by atomic mass is 16.4. The number of carboxylic acid groups (broad SMARTS) is 1. The van der Waals surface area contributed by atoms with Crippen LogP contribution < -0.4 is 5.32 Å². The molecule has 5 nitrogen and oxygen atoms in total. The quantitative estimate of drug-likeness (QED) is 0.652. The van der Waals surface area contributed by atoms with E-state index in [-0.39, 0.29) is 0 Å². The molecule has 1 atom stereocenters. The summed E-state index contributed by atoms with van der Waals surface area (Å²) in [7, 11) is 0. The number of aliphatic carboxylic acids is 1. The van der Waals surface area contributed by atoms with Gasteiger partial charge >= 0.3 is 5.97 Å². The number of hydrogen-bond donors (Lipinski definition) is 3. The highest BCUT2D eigenvalue weighted by Crippen LogP contribution is 2.29. The lowest BCUT2D eigenvalue weighted by atomic mass is 9.84. The first-order chi connectivity index (χ1) is 8.11. The lowest BCUT2D eigenvalue weighted by Gasteiger charge is -2.41. The van der Waals surface area contributed by atoms with Gasteiger partial charge in [0.1, 0.15) is 6.04 Å². The number of β-amino-alcohol motifs (C(OH)–C–C–N with tert-alkyl or cyclic N) is 1. The predicted octanol–water partition coefficient (Wildman–Crippen LogP) is 0.0400. The Bertz CT molecular complexity index is 277. The maximum Gasteiger partial charge on any atom is 0.322 e. The second kappa shape index (κ2) is 5.33. The Hall–Kier alpha value is -0.650. The first-order valence-corrected chi connectivity index (χ1v) is 6.51. The highest BCUT2D eigenvalue weighted by Gasteiger charge is 2.36. The highest BCUT2D eigenvalue weighted by molar-refractivity contribution is 5.74. The molecule has 0 spiro atoms. The topological polar surface area (TPSA) is 72.8 Å². The van der Waals surface area contributed by atoms with Gasteiger partial charge in [0, 0.05) is 26.2 Å². The van der Waals surface area contributed by atoms with Gasteiger partial charge in [0.25, 0.3) is 0 Å². The van der Waals surface area contributed by atoms with E-state index in [0.29, 0.717) is 19.6 Å². The lowest BCUT2D eigenvalue weighted by molar-refractivity contribution is -0.145. The number of aliphatic hydroxyl groups is 1. The molecule has 0 radical (unpaired) electrons. The standard InChI is InChI=1S/C12H22N2O3/c15-11(16)10-8-13-6-7-14(10)9-12(17)4-2-1-3-5-12/h10,13,17H,1-9H2,(H,15,16). The van der Waals surface area contributed by atoms with Crippen molar-refractivity contribution >= 4 is 5.97 Å². The zero-order valence-corrected chi connectivity index (χ0v) is 10.2. The van der Waals surface area contributed by atoms with Crippen molar-refractivity contribution in [3.8, 4) is 0 Å². The minimum atomic E-state index is -0.795. The summed E-state index contributed by atoms with van der Waals surface area (Å²) in [6.45, 7) is 2.50. The molecule has 1 aliphatic heterocycles. The predicted molar refractivity (Wildman–Crippen MR) is 63.9 cm³/mol. The maximum absolute atomic E-state index is 11.1. The van der Waals surface area contributed by atoms with E-state index in [4.69, 9.17) is 5.11 Å². The van der Waals surface area contributed by atoms with E-state index in [1.54, 1.807) is 0 Å². The van der Waals surface area contributed by atoms with E-state index in [2.05, 4.69) is 5.32 Å². The third-order valence-electron chi connectivity index (χ3n) is 3.92. The molecule has 0 amide bonds. The van der Waals surface area contributed by atoms with Crippen molar-refractivity contribution in [3.63, 3.8) is 0 Å². The molecule has 1 heterocycles. The molecule has 5 heteroatoms. The van der Waals surface area contributed by atoms with Crippen molar-refractivity contribution in [1.29, 1.82) is 0 Å². The van der Waals surface area contributed by atoms with Crippen LogP contribution in [-0.2, 0) is 4.79 Å². The molecule has 0 aromatic rings. The van der Waals surface area contributed by atoms with Crippen molar-refractivity contribution in [2.24, 2.45) is 0 Å². The number of rotatable bonds is 3. The second-order valence-electron chi connectivity index (χ2n) is 5.31. The molecule has 1 aliphatic carbocycles. The van der Waals surface area contributed by atoms with E-state index in [1.807, 2.05) is 4.90 Å². The van der Waals surface area contributed by atoms with Crippen LogP contribution >= 0.6 is 0 Å². The van der Waals surface area contributed by atoms with Gasteiger partial charge in [-0.3, -0.25) is 9.69 Å². The Morgan fingerprint density at radius 2 is 2.06 bits per heavy atom. The number of hydrogen-bond acceptors (Lipinski definition) is 4. The van der Waals surface area contributed by atoms with E-state index in [9.17, 15) is 9.90 Å². The first kappa shape index (κ1) is 12.8. The molecule has 2 fully saturated rings. The minimum Gasteiger partial charge on any atom is -0.480 e. The fourth-order valence-corrected chi connectivity index (χ4v) is 2.93. The summed E-state index contributed by atoms with van der Waals surface area (Å²) in [6.07, 6.45) is 4.92. The zero-order valence-electron chi connectivity index (χ0n) is 10.2. The van der Waals surface area contributed by atoms with Crippen LogP contribution in [0.5, 0.6) is 0 Å². The number of carboxylic acids is 1. The number of nitrogens with zero attached hydrogens (tertiary/aromatic N) is 1. The van der Waals surface area contributed by atoms with Gasteiger partial charge in [-0.15, -0.1) is 0 Å². The van der Waals surface area contributed by atoms with Crippen molar-refractivity contribution in [2.75, 3.05) is 26.2 Å². The summed E-state index contributed by atoms with van der Waals surface area (Å²) in [5.41, 5.74) is -0.663. The molecule has 0 bridgehead atoms. The van der Waals surface area contributed by atoms with Crippen molar-refractivity contribution in [3.05, 3.63) is 0 Å². The van der Waals surface area contributed by atoms with Gasteiger partial charge in [0.2, 0.25) is 0 Å². The SMILES string of the molecule is O=C(O)C1CNCCN1CC1(O)CCCCC1. The summed E-state index contributed by atoms with van der Waals surface area (Å²) in [5.74, 6) is -0.795. The molecule has 0 aromatic heterocycles. The summed E-state index contributed by atoms with van der Waals surface area (Å²) >= 11 is 0. The molecule has 0 aromatic carbocycles. The smallest absolute Gasteiger partial charge is 0.322 e. The molecule has 2 aliphatic rings. The van der Waals surface area contributed by atoms with E-state index in [0.717, 1.165) is 32.2 Å². The maximum atomic E-state index is 11.1. The van der Waals surface area contributed by atoms with Crippen LogP contribution in [0, 0.1) is 0 Å². The molecule has 1 saturated carbocycles. The fraction of sp³-hybridized carbons (Fsp3) is 0.917. The third kappa shape index (κ3) is 3.18. The number of piperazine rings is 1. The Kier molecular flexibility index (Phi) is 4.01. The molecular weight excluding hydrogens is 220 g/mol. The van der Waals surface area contributed by atoms with Crippen LogP contribution in [-0.4, -0.2) is 58.9 Å². The summed E-state index contributed by atoms with van der Waals surface area (Å²) in [5, 5.41) is 22.7. The summed E-state index contributed by atoms with van der Waals surface area (Å²) < 4.78 is 0. The van der Waals surface area contributed by atoms with Crippen LogP contribution in [0.3, 0.4) is 0 Å². The summed E-state index contributed by atoms with van der Waals surface area (Å²) in [4.78, 5) is 13.1. The van der Waals surface area contributed by atoms with E-state index in [1.165, 1.54) is 6.42 Å². The molecular formula is C12H22N2O3. The third-order valence-corrected chi connectivity index (χ3v) is 3.92. The van der Waals surface area contributed by atoms with Gasteiger partial charge < -0.3 is 15.5 Å². The van der Waals surface area contributed by atoms with Crippen molar-refractivity contribution < 1.29 is 15.0 Å². The molecule has 98 valence electrons. The molecule has 3 N–H and O–H groups in total. The van der Waals surface area contributed by atoms with Crippen molar-refractivity contribution in [2.45, 2.75) is 43.7 Å². The Labute approximate surface area is 102 Å². The summed E-state index contributed by atoms with van der Waals surface area (Å²) in [6, 6.07) is -0.491. The van der Waals surface area contributed by atoms with Gasteiger partial charge in [-0.05, 0) is 12.8 Å². The van der Waals surface area contributed by atoms with Crippen LogP contribution in [0.2, 0.25) is 0 Å². The van der Waals surface area contributed by atoms with Gasteiger partial charge in [0.05, 0.1) is 5.60 Å². The normalized spacial score (nSPS) is 30.1. The lowest BCUT2D eigenvalue weighted by Crippen LogP contribution is -2.59. The zero-order chi connectivity index (χ0) is 12.3. The average molecular weight is 242 g/mol. The monoisotopic (exact) mass is 242 g/mol. The number of carbonyl (C=O) groups is 1. The van der Waals surface area contributed by atoms with E-state index >= 15 is 0 Å². The van der Waals surface area contributed by atoms with Gasteiger partial charge in [-0.2, -0.15) is 0 Å². The molecule has 1 saturated heterocycles. The van der Waals surface area contributed by atoms with Crippen molar-refractivity contribution in [1.82, 2.24) is 10.2 Å².